The molecule has 2 aromatic carbocycles. The molecule has 1 atom stereocenters. The van der Waals surface area contributed by atoms with Gasteiger partial charge >= 0.3 is 0 Å². The second-order valence-electron chi connectivity index (χ2n) is 8.18. The number of rotatable bonds is 10. The summed E-state index contributed by atoms with van der Waals surface area (Å²) >= 11 is 0. The average molecular weight is 459 g/mol. The maximum Gasteiger partial charge on any atom is 0.246 e. The standard InChI is InChI=1S/C28H30N2O4/c1-32-27-10-3-2-7-23(27)19-30(20-26-9-6-18-33-26)28(31)16-13-22-11-14-25(15-12-22)34-21-24-8-4-5-17-29-24/h2-5,7-8,10-17,26H,6,9,18-21H2,1H3/b16-13+. The van der Waals surface area contributed by atoms with Gasteiger partial charge in [-0.25, -0.2) is 0 Å². The van der Waals surface area contributed by atoms with Gasteiger partial charge in [-0.2, -0.15) is 0 Å². The molecule has 0 N–H and O–H groups in total. The largest absolute Gasteiger partial charge is 0.496 e. The summed E-state index contributed by atoms with van der Waals surface area (Å²) in [6.07, 6.45) is 7.27. The van der Waals surface area contributed by atoms with Gasteiger partial charge in [0.2, 0.25) is 5.91 Å². The fraction of sp³-hybridized carbons (Fsp3) is 0.286. The van der Waals surface area contributed by atoms with E-state index in [2.05, 4.69) is 4.98 Å². The van der Waals surface area contributed by atoms with Crippen molar-refractivity contribution in [1.82, 2.24) is 9.88 Å². The molecule has 1 saturated heterocycles. The molecule has 0 aliphatic carbocycles. The van der Waals surface area contributed by atoms with E-state index in [1.54, 1.807) is 19.4 Å². The molecule has 1 aliphatic rings. The van der Waals surface area contributed by atoms with Crippen LogP contribution in [0.4, 0.5) is 0 Å². The van der Waals surface area contributed by atoms with Crippen molar-refractivity contribution in [3.63, 3.8) is 0 Å². The van der Waals surface area contributed by atoms with Crippen molar-refractivity contribution in [2.24, 2.45) is 0 Å². The first-order valence-corrected chi connectivity index (χ1v) is 11.5. The molecule has 1 unspecified atom stereocenters. The van der Waals surface area contributed by atoms with E-state index in [-0.39, 0.29) is 12.0 Å². The highest BCUT2D eigenvalue weighted by Crippen LogP contribution is 2.22. The van der Waals surface area contributed by atoms with Crippen molar-refractivity contribution in [1.29, 1.82) is 0 Å². The van der Waals surface area contributed by atoms with E-state index >= 15 is 0 Å². The molecule has 6 heteroatoms. The molecule has 1 aromatic heterocycles. The lowest BCUT2D eigenvalue weighted by Crippen LogP contribution is -2.36. The zero-order valence-electron chi connectivity index (χ0n) is 19.4. The highest BCUT2D eigenvalue weighted by Gasteiger charge is 2.22. The van der Waals surface area contributed by atoms with E-state index in [9.17, 15) is 4.79 Å². The maximum absolute atomic E-state index is 13.1. The van der Waals surface area contributed by atoms with Crippen LogP contribution in [0, 0.1) is 0 Å². The van der Waals surface area contributed by atoms with Gasteiger partial charge in [0, 0.05) is 37.5 Å². The van der Waals surface area contributed by atoms with E-state index in [4.69, 9.17) is 14.2 Å². The van der Waals surface area contributed by atoms with Gasteiger partial charge in [-0.1, -0.05) is 36.4 Å². The molecule has 0 bridgehead atoms. The number of pyridine rings is 1. The van der Waals surface area contributed by atoms with Crippen LogP contribution in [0.2, 0.25) is 0 Å². The Morgan fingerprint density at radius 2 is 1.94 bits per heavy atom. The molecular weight excluding hydrogens is 428 g/mol. The summed E-state index contributed by atoms with van der Waals surface area (Å²) in [6.45, 7) is 2.19. The summed E-state index contributed by atoms with van der Waals surface area (Å²) in [6, 6.07) is 21.2. The number of aromatic nitrogens is 1. The Labute approximate surface area is 200 Å². The molecule has 0 saturated carbocycles. The van der Waals surface area contributed by atoms with Gasteiger partial charge in [0.15, 0.2) is 0 Å². The minimum absolute atomic E-state index is 0.0584. The molecule has 176 valence electrons. The molecule has 1 aliphatic heterocycles. The fourth-order valence-corrected chi connectivity index (χ4v) is 3.89. The van der Waals surface area contributed by atoms with E-state index in [0.717, 1.165) is 47.8 Å². The third-order valence-electron chi connectivity index (χ3n) is 5.72. The monoisotopic (exact) mass is 458 g/mol. The number of para-hydroxylation sites is 1. The number of methoxy groups -OCH3 is 1. The summed E-state index contributed by atoms with van der Waals surface area (Å²) < 4.78 is 17.1. The van der Waals surface area contributed by atoms with Crippen LogP contribution in [-0.2, 0) is 22.7 Å². The lowest BCUT2D eigenvalue weighted by atomic mass is 10.1. The molecule has 6 nitrogen and oxygen atoms in total. The predicted octanol–water partition coefficient (Wildman–Crippen LogP) is 4.89. The first-order chi connectivity index (χ1) is 16.7. The Kier molecular flexibility index (Phi) is 8.30. The first-order valence-electron chi connectivity index (χ1n) is 11.5. The molecule has 0 radical (unpaired) electrons. The van der Waals surface area contributed by atoms with E-state index in [1.165, 1.54) is 0 Å². The van der Waals surface area contributed by atoms with Gasteiger partial charge in [0.05, 0.1) is 18.9 Å². The SMILES string of the molecule is COc1ccccc1CN(CC1CCCO1)C(=O)/C=C/c1ccc(OCc2ccccn2)cc1. The molecule has 1 amide bonds. The van der Waals surface area contributed by atoms with Gasteiger partial charge in [-0.05, 0) is 54.8 Å². The van der Waals surface area contributed by atoms with Crippen molar-refractivity contribution in [2.45, 2.75) is 32.1 Å². The smallest absolute Gasteiger partial charge is 0.246 e. The molecule has 1 fully saturated rings. The summed E-state index contributed by atoms with van der Waals surface area (Å²) in [5.41, 5.74) is 2.77. The summed E-state index contributed by atoms with van der Waals surface area (Å²) in [5.74, 6) is 1.47. The van der Waals surface area contributed by atoms with Gasteiger partial charge in [-0.3, -0.25) is 9.78 Å². The van der Waals surface area contributed by atoms with E-state index in [1.807, 2.05) is 77.7 Å². The fourth-order valence-electron chi connectivity index (χ4n) is 3.89. The minimum Gasteiger partial charge on any atom is -0.496 e. The van der Waals surface area contributed by atoms with Crippen LogP contribution in [0.5, 0.6) is 11.5 Å². The highest BCUT2D eigenvalue weighted by molar-refractivity contribution is 5.91. The van der Waals surface area contributed by atoms with Crippen molar-refractivity contribution in [3.8, 4) is 11.5 Å². The van der Waals surface area contributed by atoms with Gasteiger partial charge < -0.3 is 19.1 Å². The Balaban J connectivity index is 1.40. The molecule has 4 rings (SSSR count). The molecule has 3 aromatic rings. The first kappa shape index (κ1) is 23.5. The van der Waals surface area contributed by atoms with Crippen LogP contribution in [0.3, 0.4) is 0 Å². The summed E-state index contributed by atoms with van der Waals surface area (Å²) in [5, 5.41) is 0. The van der Waals surface area contributed by atoms with Gasteiger partial charge in [0.1, 0.15) is 18.1 Å². The van der Waals surface area contributed by atoms with Crippen LogP contribution in [-0.4, -0.2) is 42.2 Å². The molecule has 2 heterocycles. The second-order valence-corrected chi connectivity index (χ2v) is 8.18. The number of benzene rings is 2. The van der Waals surface area contributed by atoms with Crippen LogP contribution in [0.25, 0.3) is 6.08 Å². The number of ether oxygens (including phenoxy) is 3. The zero-order chi connectivity index (χ0) is 23.6. The quantitative estimate of drug-likeness (QED) is 0.405. The van der Waals surface area contributed by atoms with Crippen LogP contribution >= 0.6 is 0 Å². The highest BCUT2D eigenvalue weighted by atomic mass is 16.5. The Morgan fingerprint density at radius 3 is 2.68 bits per heavy atom. The molecule has 34 heavy (non-hydrogen) atoms. The van der Waals surface area contributed by atoms with Crippen molar-refractivity contribution in [2.75, 3.05) is 20.3 Å². The lowest BCUT2D eigenvalue weighted by molar-refractivity contribution is -0.128. The third-order valence-corrected chi connectivity index (χ3v) is 5.72. The summed E-state index contributed by atoms with van der Waals surface area (Å²) in [7, 11) is 1.65. The normalized spacial score (nSPS) is 15.4. The number of carbonyl (C=O) groups is 1. The topological polar surface area (TPSA) is 60.9 Å². The van der Waals surface area contributed by atoms with Crippen LogP contribution < -0.4 is 9.47 Å². The van der Waals surface area contributed by atoms with Crippen molar-refractivity contribution < 1.29 is 19.0 Å². The van der Waals surface area contributed by atoms with E-state index < -0.39 is 0 Å². The van der Waals surface area contributed by atoms with Gasteiger partial charge in [-0.15, -0.1) is 0 Å². The zero-order valence-corrected chi connectivity index (χ0v) is 19.4. The summed E-state index contributed by atoms with van der Waals surface area (Å²) in [4.78, 5) is 19.2. The number of hydrogen-bond donors (Lipinski definition) is 0. The second kappa shape index (κ2) is 12.0. The average Bonchev–Trinajstić information content (AvgIpc) is 3.40. The third kappa shape index (κ3) is 6.68. The Hall–Kier alpha value is -3.64. The molecular formula is C28H30N2O4. The number of carbonyl (C=O) groups excluding carboxylic acids is 1. The Bertz CT molecular complexity index is 1080. The van der Waals surface area contributed by atoms with Crippen molar-refractivity contribution in [3.05, 3.63) is 95.8 Å². The number of nitrogens with zero attached hydrogens (tertiary/aromatic N) is 2. The predicted molar refractivity (Wildman–Crippen MR) is 131 cm³/mol. The lowest BCUT2D eigenvalue weighted by Gasteiger charge is -2.25. The van der Waals surface area contributed by atoms with Crippen LogP contribution in [0.1, 0.15) is 29.7 Å². The van der Waals surface area contributed by atoms with E-state index in [0.29, 0.717) is 19.7 Å². The minimum atomic E-state index is -0.0584. The maximum atomic E-state index is 13.1. The number of amides is 1. The molecule has 0 spiro atoms. The van der Waals surface area contributed by atoms with Crippen molar-refractivity contribution >= 4 is 12.0 Å². The number of hydrogen-bond acceptors (Lipinski definition) is 5. The van der Waals surface area contributed by atoms with Crippen LogP contribution in [0.15, 0.2) is 79.0 Å². The Morgan fingerprint density at radius 1 is 1.12 bits per heavy atom. The van der Waals surface area contributed by atoms with Gasteiger partial charge in [0.25, 0.3) is 0 Å².